The summed E-state index contributed by atoms with van der Waals surface area (Å²) in [6, 6.07) is -0.395. The highest BCUT2D eigenvalue weighted by Crippen LogP contribution is 1.98. The molecule has 0 spiro atoms. The van der Waals surface area contributed by atoms with Crippen LogP contribution in [-0.4, -0.2) is 36.6 Å². The first-order chi connectivity index (χ1) is 7.47. The third-order valence-electron chi connectivity index (χ3n) is 2.06. The van der Waals surface area contributed by atoms with Gasteiger partial charge in [0.2, 0.25) is 5.91 Å². The molecule has 0 aliphatic heterocycles. The van der Waals surface area contributed by atoms with E-state index in [1.165, 1.54) is 13.8 Å². The Labute approximate surface area is 96.0 Å². The van der Waals surface area contributed by atoms with Gasteiger partial charge in [-0.15, -0.1) is 0 Å². The summed E-state index contributed by atoms with van der Waals surface area (Å²) in [6.07, 6.45) is 0.831. The van der Waals surface area contributed by atoms with Crippen molar-refractivity contribution in [3.8, 4) is 0 Å². The molecule has 0 aliphatic carbocycles. The van der Waals surface area contributed by atoms with Crippen molar-refractivity contribution in [2.24, 2.45) is 0 Å². The lowest BCUT2D eigenvalue weighted by Crippen LogP contribution is -2.45. The Hall–Kier alpha value is -1.23. The molecule has 5 heteroatoms. The summed E-state index contributed by atoms with van der Waals surface area (Å²) < 4.78 is 0. The molecule has 5 nitrogen and oxygen atoms in total. The van der Waals surface area contributed by atoms with Crippen LogP contribution in [0.1, 0.15) is 33.6 Å². The van der Waals surface area contributed by atoms with E-state index < -0.39 is 6.04 Å². The molecule has 2 N–H and O–H groups in total. The van der Waals surface area contributed by atoms with E-state index >= 15 is 0 Å². The van der Waals surface area contributed by atoms with Gasteiger partial charge in [0.05, 0.1) is 12.6 Å². The topological polar surface area (TPSA) is 75.3 Å². The zero-order valence-corrected chi connectivity index (χ0v) is 10.1. The quantitative estimate of drug-likeness (QED) is 0.615. The molecule has 1 amide bonds. The van der Waals surface area contributed by atoms with Crippen LogP contribution in [0.4, 0.5) is 0 Å². The Bertz CT molecular complexity index is 264. The van der Waals surface area contributed by atoms with Gasteiger partial charge >= 0.3 is 0 Å². The van der Waals surface area contributed by atoms with Crippen LogP contribution in [0.15, 0.2) is 0 Å². The van der Waals surface area contributed by atoms with Crippen LogP contribution in [0.5, 0.6) is 0 Å². The Kier molecular flexibility index (Phi) is 7.37. The van der Waals surface area contributed by atoms with E-state index in [1.807, 2.05) is 6.92 Å². The Balaban J connectivity index is 4.11. The van der Waals surface area contributed by atoms with Gasteiger partial charge in [0.25, 0.3) is 0 Å². The van der Waals surface area contributed by atoms with E-state index in [2.05, 4.69) is 10.6 Å². The summed E-state index contributed by atoms with van der Waals surface area (Å²) >= 11 is 0. The smallest absolute Gasteiger partial charge is 0.237 e. The number of amides is 1. The summed E-state index contributed by atoms with van der Waals surface area (Å²) in [5.74, 6) is -0.254. The molecule has 0 aromatic heterocycles. The second-order valence-electron chi connectivity index (χ2n) is 3.77. The monoisotopic (exact) mass is 228 g/mol. The molecule has 1 unspecified atom stereocenters. The minimum atomic E-state index is -0.395. The molecule has 0 bridgehead atoms. The predicted molar refractivity (Wildman–Crippen MR) is 61.1 cm³/mol. The summed E-state index contributed by atoms with van der Waals surface area (Å²) in [5, 5.41) is 5.51. The lowest BCUT2D eigenvalue weighted by Gasteiger charge is -2.16. The highest BCUT2D eigenvalue weighted by Gasteiger charge is 2.17. The average molecular weight is 228 g/mol. The van der Waals surface area contributed by atoms with Gasteiger partial charge in [-0.1, -0.05) is 6.92 Å². The Morgan fingerprint density at radius 2 is 1.75 bits per heavy atom. The van der Waals surface area contributed by atoms with Gasteiger partial charge < -0.3 is 15.4 Å². The van der Waals surface area contributed by atoms with E-state index in [0.717, 1.165) is 0 Å². The fraction of sp³-hybridized carbons (Fsp3) is 0.727. The summed E-state index contributed by atoms with van der Waals surface area (Å²) in [7, 11) is 0. The van der Waals surface area contributed by atoms with E-state index in [9.17, 15) is 14.4 Å². The molecule has 0 aromatic carbocycles. The van der Waals surface area contributed by atoms with E-state index in [4.69, 9.17) is 0 Å². The largest absolute Gasteiger partial charge is 0.348 e. The number of hydrogen-bond acceptors (Lipinski definition) is 4. The van der Waals surface area contributed by atoms with Crippen molar-refractivity contribution in [3.05, 3.63) is 0 Å². The van der Waals surface area contributed by atoms with Crippen LogP contribution in [0.25, 0.3) is 0 Å². The number of Topliss-reactive ketones (excluding diaryl/α,β-unsaturated/α-hetero) is 2. The van der Waals surface area contributed by atoms with Crippen molar-refractivity contribution < 1.29 is 14.4 Å². The lowest BCUT2D eigenvalue weighted by molar-refractivity contribution is -0.126. The molecular weight excluding hydrogens is 208 g/mol. The molecule has 0 aliphatic rings. The zero-order chi connectivity index (χ0) is 12.6. The number of rotatable bonds is 8. The van der Waals surface area contributed by atoms with Crippen LogP contribution in [0.3, 0.4) is 0 Å². The molecule has 1 atom stereocenters. The van der Waals surface area contributed by atoms with E-state index in [0.29, 0.717) is 19.4 Å². The average Bonchev–Trinajstić information content (AvgIpc) is 2.20. The maximum atomic E-state index is 11.6. The van der Waals surface area contributed by atoms with Gasteiger partial charge in [0.15, 0.2) is 0 Å². The van der Waals surface area contributed by atoms with Gasteiger partial charge in [-0.05, 0) is 26.8 Å². The second-order valence-corrected chi connectivity index (χ2v) is 3.77. The summed E-state index contributed by atoms with van der Waals surface area (Å²) in [6.45, 7) is 5.49. The van der Waals surface area contributed by atoms with Gasteiger partial charge in [0.1, 0.15) is 11.6 Å². The molecule has 16 heavy (non-hydrogen) atoms. The van der Waals surface area contributed by atoms with Crippen molar-refractivity contribution in [2.75, 3.05) is 13.1 Å². The Morgan fingerprint density at radius 1 is 1.12 bits per heavy atom. The molecule has 0 heterocycles. The fourth-order valence-corrected chi connectivity index (χ4v) is 1.25. The first-order valence-electron chi connectivity index (χ1n) is 5.47. The molecule has 0 radical (unpaired) electrons. The number of carbonyl (C=O) groups is 3. The Morgan fingerprint density at radius 3 is 2.19 bits per heavy atom. The van der Waals surface area contributed by atoms with Crippen LogP contribution >= 0.6 is 0 Å². The number of carbonyl (C=O) groups excluding carboxylic acids is 3. The first-order valence-corrected chi connectivity index (χ1v) is 5.47. The first kappa shape index (κ1) is 14.8. The van der Waals surface area contributed by atoms with Crippen LogP contribution in [0, 0.1) is 0 Å². The predicted octanol–water partition coefficient (Wildman–Crippen LogP) is 0.0389. The SMILES string of the molecule is CCNC(CCC(C)=O)C(=O)NCC(C)=O. The maximum absolute atomic E-state index is 11.6. The third kappa shape index (κ3) is 7.11. The molecule has 0 fully saturated rings. The van der Waals surface area contributed by atoms with Gasteiger partial charge in [-0.2, -0.15) is 0 Å². The van der Waals surface area contributed by atoms with E-state index in [1.54, 1.807) is 0 Å². The number of ketones is 2. The number of nitrogens with one attached hydrogen (secondary N) is 2. The summed E-state index contributed by atoms with van der Waals surface area (Å²) in [4.78, 5) is 33.1. The lowest BCUT2D eigenvalue weighted by atomic mass is 10.1. The molecular formula is C11H20N2O3. The number of hydrogen-bond donors (Lipinski definition) is 2. The highest BCUT2D eigenvalue weighted by molar-refractivity contribution is 5.87. The van der Waals surface area contributed by atoms with Gasteiger partial charge in [-0.25, -0.2) is 0 Å². The zero-order valence-electron chi connectivity index (χ0n) is 10.1. The molecule has 92 valence electrons. The normalized spacial score (nSPS) is 11.9. The standard InChI is InChI=1S/C11H20N2O3/c1-4-12-10(6-5-8(2)14)11(16)13-7-9(3)15/h10,12H,4-7H2,1-3H3,(H,13,16). The maximum Gasteiger partial charge on any atom is 0.237 e. The van der Waals surface area contributed by atoms with Crippen molar-refractivity contribution >= 4 is 17.5 Å². The van der Waals surface area contributed by atoms with Crippen LogP contribution < -0.4 is 10.6 Å². The van der Waals surface area contributed by atoms with Crippen molar-refractivity contribution in [2.45, 2.75) is 39.7 Å². The molecule has 0 aromatic rings. The van der Waals surface area contributed by atoms with Crippen molar-refractivity contribution in [1.82, 2.24) is 10.6 Å². The minimum Gasteiger partial charge on any atom is -0.348 e. The van der Waals surface area contributed by atoms with E-state index in [-0.39, 0.29) is 24.0 Å². The van der Waals surface area contributed by atoms with Crippen molar-refractivity contribution in [3.63, 3.8) is 0 Å². The van der Waals surface area contributed by atoms with Crippen molar-refractivity contribution in [1.29, 1.82) is 0 Å². The summed E-state index contributed by atoms with van der Waals surface area (Å²) in [5.41, 5.74) is 0. The highest BCUT2D eigenvalue weighted by atomic mass is 16.2. The van der Waals surface area contributed by atoms with Crippen LogP contribution in [0.2, 0.25) is 0 Å². The van der Waals surface area contributed by atoms with Gasteiger partial charge in [0, 0.05) is 6.42 Å². The number of likely N-dealkylation sites (N-methyl/N-ethyl adjacent to an activating group) is 1. The second kappa shape index (κ2) is 7.98. The molecule has 0 saturated heterocycles. The minimum absolute atomic E-state index is 0.0425. The molecule has 0 saturated carbocycles. The fourth-order valence-electron chi connectivity index (χ4n) is 1.25. The molecule has 0 rings (SSSR count). The third-order valence-corrected chi connectivity index (χ3v) is 2.06. The van der Waals surface area contributed by atoms with Crippen LogP contribution in [-0.2, 0) is 14.4 Å². The van der Waals surface area contributed by atoms with Gasteiger partial charge in [-0.3, -0.25) is 9.59 Å².